The number of benzene rings is 1. The van der Waals surface area contributed by atoms with E-state index in [2.05, 4.69) is 5.32 Å². The largest absolute Gasteiger partial charge is 0.317 e. The minimum atomic E-state index is -1.13. The first-order chi connectivity index (χ1) is 8.39. The predicted octanol–water partition coefficient (Wildman–Crippen LogP) is 3.45. The van der Waals surface area contributed by atoms with Gasteiger partial charge in [-0.2, -0.15) is 0 Å². The predicted molar refractivity (Wildman–Crippen MR) is 64.9 cm³/mol. The van der Waals surface area contributed by atoms with Crippen LogP contribution in [0.4, 0.5) is 13.2 Å². The fraction of sp³-hybridized carbons (Fsp3) is 0.571. The quantitative estimate of drug-likeness (QED) is 0.815. The monoisotopic (exact) mass is 257 g/mol. The molecule has 0 aliphatic heterocycles. The standard InChI is InChI=1S/C14H18F3N/c1-4-18-7-9-13(14(9,2)3)8-5-11(16)12(17)6-10(8)15/h5-6,9,13,18H,4,7H2,1-3H3. The van der Waals surface area contributed by atoms with Crippen molar-refractivity contribution in [3.63, 3.8) is 0 Å². The van der Waals surface area contributed by atoms with E-state index in [0.29, 0.717) is 11.6 Å². The number of hydrogen-bond donors (Lipinski definition) is 1. The second-order valence-electron chi connectivity index (χ2n) is 5.50. The summed E-state index contributed by atoms with van der Waals surface area (Å²) >= 11 is 0. The first-order valence-electron chi connectivity index (χ1n) is 6.24. The van der Waals surface area contributed by atoms with Crippen molar-refractivity contribution in [1.82, 2.24) is 5.32 Å². The van der Waals surface area contributed by atoms with E-state index in [0.717, 1.165) is 19.2 Å². The highest BCUT2D eigenvalue weighted by molar-refractivity contribution is 5.34. The number of nitrogens with one attached hydrogen (secondary N) is 1. The highest BCUT2D eigenvalue weighted by Crippen LogP contribution is 2.64. The van der Waals surface area contributed by atoms with Crippen LogP contribution >= 0.6 is 0 Å². The van der Waals surface area contributed by atoms with Crippen molar-refractivity contribution < 1.29 is 13.2 Å². The zero-order valence-corrected chi connectivity index (χ0v) is 10.9. The molecule has 1 N–H and O–H groups in total. The number of hydrogen-bond acceptors (Lipinski definition) is 1. The molecule has 4 heteroatoms. The van der Waals surface area contributed by atoms with Crippen LogP contribution in [0.15, 0.2) is 12.1 Å². The van der Waals surface area contributed by atoms with E-state index in [1.165, 1.54) is 0 Å². The van der Waals surface area contributed by atoms with Gasteiger partial charge in [-0.05, 0) is 42.0 Å². The lowest BCUT2D eigenvalue weighted by Crippen LogP contribution is -2.17. The van der Waals surface area contributed by atoms with E-state index in [4.69, 9.17) is 0 Å². The average molecular weight is 257 g/mol. The smallest absolute Gasteiger partial charge is 0.161 e. The molecule has 2 atom stereocenters. The zero-order valence-electron chi connectivity index (χ0n) is 10.9. The van der Waals surface area contributed by atoms with Gasteiger partial charge in [0, 0.05) is 6.07 Å². The van der Waals surface area contributed by atoms with Crippen molar-refractivity contribution in [2.75, 3.05) is 13.1 Å². The zero-order chi connectivity index (χ0) is 13.5. The summed E-state index contributed by atoms with van der Waals surface area (Å²) in [6.45, 7) is 7.68. The third-order valence-corrected chi connectivity index (χ3v) is 4.04. The van der Waals surface area contributed by atoms with Gasteiger partial charge >= 0.3 is 0 Å². The molecule has 1 saturated carbocycles. The molecule has 0 amide bonds. The third kappa shape index (κ3) is 2.14. The molecule has 0 heterocycles. The Morgan fingerprint density at radius 2 is 1.72 bits per heavy atom. The highest BCUT2D eigenvalue weighted by Gasteiger charge is 2.58. The molecule has 1 fully saturated rings. The van der Waals surface area contributed by atoms with E-state index >= 15 is 0 Å². The lowest BCUT2D eigenvalue weighted by atomic mass is 10.0. The van der Waals surface area contributed by atoms with E-state index in [9.17, 15) is 13.2 Å². The van der Waals surface area contributed by atoms with Gasteiger partial charge in [-0.1, -0.05) is 20.8 Å². The Morgan fingerprint density at radius 1 is 1.11 bits per heavy atom. The molecule has 0 aromatic heterocycles. The topological polar surface area (TPSA) is 12.0 Å². The van der Waals surface area contributed by atoms with E-state index in [1.54, 1.807) is 0 Å². The van der Waals surface area contributed by atoms with Crippen molar-refractivity contribution in [3.05, 3.63) is 35.1 Å². The van der Waals surface area contributed by atoms with Gasteiger partial charge in [0.2, 0.25) is 0 Å². The minimum Gasteiger partial charge on any atom is -0.317 e. The molecule has 1 aliphatic carbocycles. The van der Waals surface area contributed by atoms with Crippen LogP contribution < -0.4 is 5.32 Å². The lowest BCUT2D eigenvalue weighted by Gasteiger charge is -2.05. The summed E-state index contributed by atoms with van der Waals surface area (Å²) in [5.41, 5.74) is 0.217. The molecule has 0 spiro atoms. The summed E-state index contributed by atoms with van der Waals surface area (Å²) in [6, 6.07) is 1.65. The maximum Gasteiger partial charge on any atom is 0.161 e. The molecule has 2 unspecified atom stereocenters. The average Bonchev–Trinajstić information content (AvgIpc) is 2.83. The molecule has 1 aliphatic rings. The van der Waals surface area contributed by atoms with Crippen molar-refractivity contribution in [3.8, 4) is 0 Å². The summed E-state index contributed by atoms with van der Waals surface area (Å²) < 4.78 is 39.9. The summed E-state index contributed by atoms with van der Waals surface area (Å²) in [7, 11) is 0. The lowest BCUT2D eigenvalue weighted by molar-refractivity contribution is 0.486. The molecule has 0 bridgehead atoms. The molecule has 1 aromatic rings. The SMILES string of the molecule is CCNCC1C(c2cc(F)c(F)cc2F)C1(C)C. The minimum absolute atomic E-state index is 0.0494. The van der Waals surface area contributed by atoms with Crippen LogP contribution in [0.1, 0.15) is 32.3 Å². The van der Waals surface area contributed by atoms with Crippen LogP contribution in [-0.2, 0) is 0 Å². The molecule has 2 rings (SSSR count). The van der Waals surface area contributed by atoms with Gasteiger partial charge < -0.3 is 5.32 Å². The van der Waals surface area contributed by atoms with Gasteiger partial charge in [-0.15, -0.1) is 0 Å². The van der Waals surface area contributed by atoms with Crippen LogP contribution in [0.25, 0.3) is 0 Å². The molecule has 0 radical (unpaired) electrons. The number of halogens is 3. The molecule has 18 heavy (non-hydrogen) atoms. The van der Waals surface area contributed by atoms with Gasteiger partial charge in [0.1, 0.15) is 5.82 Å². The van der Waals surface area contributed by atoms with E-state index in [1.807, 2.05) is 20.8 Å². The fourth-order valence-corrected chi connectivity index (χ4v) is 2.82. The second kappa shape index (κ2) is 4.57. The molecule has 1 nitrogen and oxygen atoms in total. The molecule has 1 aromatic carbocycles. The summed E-state index contributed by atoms with van der Waals surface area (Å²) in [6.07, 6.45) is 0. The Bertz CT molecular complexity index is 457. The molecular weight excluding hydrogens is 239 g/mol. The van der Waals surface area contributed by atoms with Crippen LogP contribution in [0, 0.1) is 28.8 Å². The van der Waals surface area contributed by atoms with Gasteiger partial charge in [-0.3, -0.25) is 0 Å². The van der Waals surface area contributed by atoms with Crippen molar-refractivity contribution in [2.45, 2.75) is 26.7 Å². The van der Waals surface area contributed by atoms with Crippen molar-refractivity contribution in [1.29, 1.82) is 0 Å². The summed E-state index contributed by atoms with van der Waals surface area (Å²) in [4.78, 5) is 0. The van der Waals surface area contributed by atoms with Crippen LogP contribution in [0.5, 0.6) is 0 Å². The Morgan fingerprint density at radius 3 is 2.33 bits per heavy atom. The van der Waals surface area contributed by atoms with Crippen molar-refractivity contribution in [2.24, 2.45) is 11.3 Å². The van der Waals surface area contributed by atoms with E-state index in [-0.39, 0.29) is 17.3 Å². The Labute approximate surface area is 105 Å². The Balaban J connectivity index is 2.25. The maximum atomic E-state index is 13.7. The van der Waals surface area contributed by atoms with Gasteiger partial charge in [-0.25, -0.2) is 13.2 Å². The molecular formula is C14H18F3N. The third-order valence-electron chi connectivity index (χ3n) is 4.04. The van der Waals surface area contributed by atoms with Gasteiger partial charge in [0.05, 0.1) is 0 Å². The normalized spacial score (nSPS) is 25.2. The summed E-state index contributed by atoms with van der Waals surface area (Å²) in [5.74, 6) is -2.54. The maximum absolute atomic E-state index is 13.7. The Hall–Kier alpha value is -1.03. The second-order valence-corrected chi connectivity index (χ2v) is 5.50. The molecule has 100 valence electrons. The highest BCUT2D eigenvalue weighted by atomic mass is 19.2. The van der Waals surface area contributed by atoms with Crippen molar-refractivity contribution >= 4 is 0 Å². The fourth-order valence-electron chi connectivity index (χ4n) is 2.82. The van der Waals surface area contributed by atoms with E-state index < -0.39 is 17.5 Å². The number of rotatable bonds is 4. The Kier molecular flexibility index (Phi) is 3.41. The first kappa shape index (κ1) is 13.4. The summed E-state index contributed by atoms with van der Waals surface area (Å²) in [5, 5.41) is 3.22. The van der Waals surface area contributed by atoms with Crippen LogP contribution in [0.2, 0.25) is 0 Å². The van der Waals surface area contributed by atoms with Crippen LogP contribution in [-0.4, -0.2) is 13.1 Å². The van der Waals surface area contributed by atoms with Gasteiger partial charge in [0.15, 0.2) is 11.6 Å². The van der Waals surface area contributed by atoms with Gasteiger partial charge in [0.25, 0.3) is 0 Å². The van der Waals surface area contributed by atoms with Crippen LogP contribution in [0.3, 0.4) is 0 Å². The molecule has 0 saturated heterocycles. The first-order valence-corrected chi connectivity index (χ1v) is 6.24.